The molecule has 150 valence electrons. The average Bonchev–Trinajstić information content (AvgIpc) is 2.77. The van der Waals surface area contributed by atoms with Crippen LogP contribution >= 0.6 is 0 Å². The van der Waals surface area contributed by atoms with Crippen LogP contribution in [0, 0.1) is 5.92 Å². The van der Waals surface area contributed by atoms with Gasteiger partial charge in [0, 0.05) is 43.5 Å². The van der Waals surface area contributed by atoms with E-state index in [1.807, 2.05) is 17.0 Å². The van der Waals surface area contributed by atoms with E-state index >= 15 is 0 Å². The minimum absolute atomic E-state index is 0.233. The lowest BCUT2D eigenvalue weighted by molar-refractivity contribution is -0.136. The Bertz CT molecular complexity index is 843. The van der Waals surface area contributed by atoms with Crippen molar-refractivity contribution in [1.82, 2.24) is 14.9 Å². The van der Waals surface area contributed by atoms with Gasteiger partial charge in [-0.25, -0.2) is 9.97 Å². The molecule has 1 aliphatic heterocycles. The van der Waals surface area contributed by atoms with Crippen molar-refractivity contribution in [3.63, 3.8) is 0 Å². The van der Waals surface area contributed by atoms with Crippen molar-refractivity contribution in [2.24, 2.45) is 5.92 Å². The first kappa shape index (κ1) is 18.8. The summed E-state index contributed by atoms with van der Waals surface area (Å²) in [5.41, 5.74) is 0.823. The van der Waals surface area contributed by atoms with E-state index in [1.54, 1.807) is 20.5 Å². The number of hydrogen-bond donors (Lipinski definition) is 0. The second-order valence-electron chi connectivity index (χ2n) is 7.57. The average molecular weight is 384 g/mol. The molecule has 2 heterocycles. The molecule has 1 aliphatic carbocycles. The van der Waals surface area contributed by atoms with Crippen LogP contribution in [0.4, 0.5) is 5.82 Å². The van der Waals surface area contributed by atoms with Gasteiger partial charge in [-0.05, 0) is 18.9 Å². The molecular weight excluding hydrogens is 356 g/mol. The molecule has 7 nitrogen and oxygen atoms in total. The molecule has 28 heavy (non-hydrogen) atoms. The fourth-order valence-electron chi connectivity index (χ4n) is 4.37. The summed E-state index contributed by atoms with van der Waals surface area (Å²) in [6, 6.07) is 3.81. The summed E-state index contributed by atoms with van der Waals surface area (Å²) in [6.07, 6.45) is 7.34. The lowest BCUT2D eigenvalue weighted by atomic mass is 9.88. The molecule has 1 amide bonds. The number of piperazine rings is 1. The molecule has 7 heteroatoms. The van der Waals surface area contributed by atoms with Crippen LogP contribution in [0.15, 0.2) is 18.5 Å². The van der Waals surface area contributed by atoms with Crippen LogP contribution in [0.25, 0.3) is 10.9 Å². The highest BCUT2D eigenvalue weighted by atomic mass is 16.5. The number of aromatic nitrogens is 2. The largest absolute Gasteiger partial charge is 0.493 e. The zero-order valence-corrected chi connectivity index (χ0v) is 16.7. The SMILES string of the molecule is COc1cc2ncnc(N3CCN(C(=O)C4CCCCC4)CC3)c2cc1OC. The van der Waals surface area contributed by atoms with Gasteiger partial charge in [0.2, 0.25) is 5.91 Å². The Labute approximate surface area is 165 Å². The van der Waals surface area contributed by atoms with E-state index in [4.69, 9.17) is 9.47 Å². The zero-order chi connectivity index (χ0) is 19.5. The number of carbonyl (C=O) groups excluding carboxylic acids is 1. The highest BCUT2D eigenvalue weighted by Gasteiger charge is 2.29. The van der Waals surface area contributed by atoms with Crippen molar-refractivity contribution in [1.29, 1.82) is 0 Å². The first-order valence-electron chi connectivity index (χ1n) is 10.1. The molecule has 0 unspecified atom stereocenters. The van der Waals surface area contributed by atoms with Gasteiger partial charge in [-0.2, -0.15) is 0 Å². The molecule has 4 rings (SSSR count). The molecule has 2 aromatic rings. The van der Waals surface area contributed by atoms with Crippen LogP contribution in [0.2, 0.25) is 0 Å². The van der Waals surface area contributed by atoms with Crippen LogP contribution in [0.5, 0.6) is 11.5 Å². The van der Waals surface area contributed by atoms with E-state index in [9.17, 15) is 4.79 Å². The summed E-state index contributed by atoms with van der Waals surface area (Å²) in [5, 5.41) is 0.937. The first-order chi connectivity index (χ1) is 13.7. The van der Waals surface area contributed by atoms with Crippen LogP contribution in [-0.4, -0.2) is 61.2 Å². The third-order valence-electron chi connectivity index (χ3n) is 5.96. The maximum Gasteiger partial charge on any atom is 0.225 e. The zero-order valence-electron chi connectivity index (χ0n) is 16.7. The van der Waals surface area contributed by atoms with E-state index in [0.717, 1.165) is 55.7 Å². The Balaban J connectivity index is 1.51. The molecule has 0 bridgehead atoms. The van der Waals surface area contributed by atoms with Gasteiger partial charge in [-0.3, -0.25) is 4.79 Å². The van der Waals surface area contributed by atoms with Gasteiger partial charge in [0.25, 0.3) is 0 Å². The van der Waals surface area contributed by atoms with Gasteiger partial charge < -0.3 is 19.3 Å². The maximum atomic E-state index is 12.8. The Morgan fingerprint density at radius 1 is 0.964 bits per heavy atom. The number of rotatable bonds is 4. The lowest BCUT2D eigenvalue weighted by Gasteiger charge is -2.38. The fraction of sp³-hybridized carbons (Fsp3) is 0.571. The molecule has 1 aromatic heterocycles. The summed E-state index contributed by atoms with van der Waals surface area (Å²) in [5.74, 6) is 2.78. The number of anilines is 1. The van der Waals surface area contributed by atoms with E-state index in [2.05, 4.69) is 14.9 Å². The van der Waals surface area contributed by atoms with E-state index in [0.29, 0.717) is 17.4 Å². The number of hydrogen-bond acceptors (Lipinski definition) is 6. The summed E-state index contributed by atoms with van der Waals surface area (Å²) >= 11 is 0. The van der Waals surface area contributed by atoms with Crippen molar-refractivity contribution >= 4 is 22.6 Å². The summed E-state index contributed by atoms with van der Waals surface area (Å²) in [4.78, 5) is 26.0. The highest BCUT2D eigenvalue weighted by molar-refractivity contribution is 5.92. The lowest BCUT2D eigenvalue weighted by Crippen LogP contribution is -2.50. The molecule has 1 saturated heterocycles. The molecule has 0 spiro atoms. The number of ether oxygens (including phenoxy) is 2. The standard InChI is InChI=1S/C21H28N4O3/c1-27-18-12-16-17(13-19(18)28-2)22-14-23-20(16)24-8-10-25(11-9-24)21(26)15-6-4-3-5-7-15/h12-15H,3-11H2,1-2H3. The Morgan fingerprint density at radius 3 is 2.32 bits per heavy atom. The predicted octanol–water partition coefficient (Wildman–Crippen LogP) is 2.88. The predicted molar refractivity (Wildman–Crippen MR) is 108 cm³/mol. The topological polar surface area (TPSA) is 67.8 Å². The quantitative estimate of drug-likeness (QED) is 0.807. The first-order valence-corrected chi connectivity index (χ1v) is 10.1. The van der Waals surface area contributed by atoms with Gasteiger partial charge in [0.1, 0.15) is 12.1 Å². The fourth-order valence-corrected chi connectivity index (χ4v) is 4.37. The van der Waals surface area contributed by atoms with Crippen molar-refractivity contribution in [2.75, 3.05) is 45.3 Å². The van der Waals surface area contributed by atoms with Crippen molar-refractivity contribution < 1.29 is 14.3 Å². The number of methoxy groups -OCH3 is 2. The van der Waals surface area contributed by atoms with Gasteiger partial charge in [-0.15, -0.1) is 0 Å². The third-order valence-corrected chi connectivity index (χ3v) is 5.96. The molecular formula is C21H28N4O3. The normalized spacial score (nSPS) is 18.4. The Hall–Kier alpha value is -2.57. The van der Waals surface area contributed by atoms with Crippen molar-refractivity contribution in [3.8, 4) is 11.5 Å². The smallest absolute Gasteiger partial charge is 0.225 e. The third kappa shape index (κ3) is 3.57. The monoisotopic (exact) mass is 384 g/mol. The molecule has 0 atom stereocenters. The minimum atomic E-state index is 0.233. The van der Waals surface area contributed by atoms with Crippen LogP contribution in [0.1, 0.15) is 32.1 Å². The van der Waals surface area contributed by atoms with Gasteiger partial charge >= 0.3 is 0 Å². The number of amides is 1. The van der Waals surface area contributed by atoms with E-state index in [-0.39, 0.29) is 5.92 Å². The van der Waals surface area contributed by atoms with Gasteiger partial charge in [0.15, 0.2) is 11.5 Å². The van der Waals surface area contributed by atoms with E-state index < -0.39 is 0 Å². The maximum absolute atomic E-state index is 12.8. The number of carbonyl (C=O) groups is 1. The number of benzene rings is 1. The summed E-state index contributed by atoms with van der Waals surface area (Å²) < 4.78 is 10.8. The molecule has 1 saturated carbocycles. The second-order valence-corrected chi connectivity index (χ2v) is 7.57. The summed E-state index contributed by atoms with van der Waals surface area (Å²) in [7, 11) is 3.25. The number of nitrogens with zero attached hydrogens (tertiary/aromatic N) is 4. The molecule has 0 radical (unpaired) electrons. The molecule has 2 fully saturated rings. The van der Waals surface area contributed by atoms with E-state index in [1.165, 1.54) is 19.3 Å². The van der Waals surface area contributed by atoms with Crippen molar-refractivity contribution in [2.45, 2.75) is 32.1 Å². The molecule has 0 N–H and O–H groups in total. The van der Waals surface area contributed by atoms with Crippen LogP contribution in [-0.2, 0) is 4.79 Å². The summed E-state index contributed by atoms with van der Waals surface area (Å²) in [6.45, 7) is 3.04. The van der Waals surface area contributed by atoms with Gasteiger partial charge in [-0.1, -0.05) is 19.3 Å². The van der Waals surface area contributed by atoms with Gasteiger partial charge in [0.05, 0.1) is 19.7 Å². The number of fused-ring (bicyclic) bond motifs is 1. The molecule has 1 aromatic carbocycles. The second kappa shape index (κ2) is 8.20. The minimum Gasteiger partial charge on any atom is -0.493 e. The molecule has 2 aliphatic rings. The Morgan fingerprint density at radius 2 is 1.64 bits per heavy atom. The van der Waals surface area contributed by atoms with Crippen LogP contribution < -0.4 is 14.4 Å². The highest BCUT2D eigenvalue weighted by Crippen LogP contribution is 2.35. The van der Waals surface area contributed by atoms with Crippen molar-refractivity contribution in [3.05, 3.63) is 18.5 Å². The van der Waals surface area contributed by atoms with Crippen LogP contribution in [0.3, 0.4) is 0 Å². The Kier molecular flexibility index (Phi) is 5.50.